The Bertz CT molecular complexity index is 1060. The number of likely N-dealkylation sites (tertiary alicyclic amines) is 1. The fourth-order valence-corrected chi connectivity index (χ4v) is 3.54. The molecular formula is C19H18ClN7O. The molecule has 0 bridgehead atoms. The van der Waals surface area contributed by atoms with Crippen LogP contribution in [0.15, 0.2) is 36.8 Å². The first kappa shape index (κ1) is 18.2. The van der Waals surface area contributed by atoms with Gasteiger partial charge in [0.1, 0.15) is 17.3 Å². The Kier molecular flexibility index (Phi) is 5.08. The van der Waals surface area contributed by atoms with Crippen molar-refractivity contribution >= 4 is 28.8 Å². The third-order valence-electron chi connectivity index (χ3n) is 4.76. The molecule has 3 aromatic rings. The van der Waals surface area contributed by atoms with E-state index < -0.39 is 0 Å². The summed E-state index contributed by atoms with van der Waals surface area (Å²) in [6.07, 6.45) is 6.81. The van der Waals surface area contributed by atoms with E-state index in [1.165, 1.54) is 0 Å². The Morgan fingerprint density at radius 2 is 2.29 bits per heavy atom. The Morgan fingerprint density at radius 3 is 3.14 bits per heavy atom. The van der Waals surface area contributed by atoms with Crippen molar-refractivity contribution in [2.24, 2.45) is 0 Å². The summed E-state index contributed by atoms with van der Waals surface area (Å²) >= 11 is 6.31. The van der Waals surface area contributed by atoms with E-state index in [1.807, 2.05) is 30.5 Å². The van der Waals surface area contributed by atoms with Crippen molar-refractivity contribution in [3.05, 3.63) is 41.8 Å². The number of aromatic nitrogens is 4. The minimum Gasteiger partial charge on any atom is -0.364 e. The van der Waals surface area contributed by atoms with Crippen molar-refractivity contribution in [2.75, 3.05) is 18.4 Å². The number of hydrogen-bond donors (Lipinski definition) is 1. The standard InChI is InChI=1S/C19H18ClN7O/c20-15-11-22-18(14-10-23-27-9-2-1-5-16(14)27)25-19(15)24-13-4-3-8-26(12-13)17(28)6-7-21/h1-2,5,9-11,13H,3-4,6,8,12H2,(H,22,24,25). The first-order chi connectivity index (χ1) is 13.7. The maximum absolute atomic E-state index is 12.0. The number of piperidine rings is 1. The number of carbonyl (C=O) groups is 1. The largest absolute Gasteiger partial charge is 0.364 e. The summed E-state index contributed by atoms with van der Waals surface area (Å²) in [7, 11) is 0. The van der Waals surface area contributed by atoms with Crippen LogP contribution in [0.1, 0.15) is 19.3 Å². The van der Waals surface area contributed by atoms with E-state index in [-0.39, 0.29) is 18.4 Å². The summed E-state index contributed by atoms with van der Waals surface area (Å²) in [5, 5.41) is 16.8. The van der Waals surface area contributed by atoms with Crippen LogP contribution in [0, 0.1) is 11.3 Å². The molecule has 0 saturated carbocycles. The molecule has 1 atom stereocenters. The molecule has 1 aliphatic heterocycles. The molecule has 0 spiro atoms. The highest BCUT2D eigenvalue weighted by atomic mass is 35.5. The van der Waals surface area contributed by atoms with Gasteiger partial charge in [-0.15, -0.1) is 0 Å². The number of hydrogen-bond acceptors (Lipinski definition) is 6. The normalized spacial score (nSPS) is 16.7. The highest BCUT2D eigenvalue weighted by Gasteiger charge is 2.24. The molecule has 9 heteroatoms. The predicted molar refractivity (Wildman–Crippen MR) is 105 cm³/mol. The smallest absolute Gasteiger partial charge is 0.236 e. The average Bonchev–Trinajstić information content (AvgIpc) is 3.14. The highest BCUT2D eigenvalue weighted by molar-refractivity contribution is 6.32. The van der Waals surface area contributed by atoms with Crippen LogP contribution in [-0.2, 0) is 4.79 Å². The second-order valence-electron chi connectivity index (χ2n) is 6.64. The van der Waals surface area contributed by atoms with Crippen molar-refractivity contribution in [1.82, 2.24) is 24.5 Å². The minimum atomic E-state index is -0.144. The van der Waals surface area contributed by atoms with E-state index in [0.717, 1.165) is 23.9 Å². The maximum Gasteiger partial charge on any atom is 0.236 e. The molecule has 1 N–H and O–H groups in total. The summed E-state index contributed by atoms with van der Waals surface area (Å²) in [6.45, 7) is 1.19. The minimum absolute atomic E-state index is 0.0144. The highest BCUT2D eigenvalue weighted by Crippen LogP contribution is 2.27. The van der Waals surface area contributed by atoms with Crippen LogP contribution >= 0.6 is 11.6 Å². The van der Waals surface area contributed by atoms with Gasteiger partial charge in [0.2, 0.25) is 5.91 Å². The lowest BCUT2D eigenvalue weighted by molar-refractivity contribution is -0.131. The number of amides is 1. The van der Waals surface area contributed by atoms with Crippen LogP contribution in [0.25, 0.3) is 16.9 Å². The molecule has 1 unspecified atom stereocenters. The van der Waals surface area contributed by atoms with Crippen molar-refractivity contribution in [1.29, 1.82) is 5.26 Å². The van der Waals surface area contributed by atoms with E-state index >= 15 is 0 Å². The molecule has 0 aromatic carbocycles. The van der Waals surface area contributed by atoms with E-state index in [4.69, 9.17) is 16.9 Å². The van der Waals surface area contributed by atoms with Crippen LogP contribution in [0.2, 0.25) is 5.02 Å². The fourth-order valence-electron chi connectivity index (χ4n) is 3.40. The maximum atomic E-state index is 12.0. The number of pyridine rings is 1. The average molecular weight is 396 g/mol. The topological polar surface area (TPSA) is 99.2 Å². The van der Waals surface area contributed by atoms with E-state index in [2.05, 4.69) is 20.4 Å². The Labute approximate surface area is 166 Å². The second kappa shape index (κ2) is 7.82. The van der Waals surface area contributed by atoms with E-state index in [1.54, 1.807) is 21.8 Å². The summed E-state index contributed by atoms with van der Waals surface area (Å²) in [6, 6.07) is 7.72. The quantitative estimate of drug-likeness (QED) is 0.729. The van der Waals surface area contributed by atoms with Crippen LogP contribution in [-0.4, -0.2) is 49.5 Å². The van der Waals surface area contributed by atoms with Gasteiger partial charge in [-0.25, -0.2) is 14.5 Å². The van der Waals surface area contributed by atoms with Gasteiger partial charge in [-0.2, -0.15) is 10.4 Å². The number of nitrogens with zero attached hydrogens (tertiary/aromatic N) is 6. The number of anilines is 1. The Morgan fingerprint density at radius 1 is 1.39 bits per heavy atom. The first-order valence-electron chi connectivity index (χ1n) is 9.02. The van der Waals surface area contributed by atoms with Gasteiger partial charge >= 0.3 is 0 Å². The summed E-state index contributed by atoms with van der Waals surface area (Å²) in [5.74, 6) is 0.915. The molecule has 4 rings (SSSR count). The lowest BCUT2D eigenvalue weighted by Gasteiger charge is -2.33. The number of rotatable bonds is 4. The molecular weight excluding hydrogens is 378 g/mol. The van der Waals surface area contributed by atoms with Crippen molar-refractivity contribution in [3.8, 4) is 17.5 Å². The molecule has 3 aromatic heterocycles. The number of carbonyl (C=O) groups excluding carboxylic acids is 1. The molecule has 0 aliphatic carbocycles. The molecule has 28 heavy (non-hydrogen) atoms. The molecule has 4 heterocycles. The molecule has 1 amide bonds. The van der Waals surface area contributed by atoms with Gasteiger partial charge in [-0.05, 0) is 25.0 Å². The number of fused-ring (bicyclic) bond motifs is 1. The van der Waals surface area contributed by atoms with E-state index in [9.17, 15) is 4.79 Å². The van der Waals surface area contributed by atoms with Gasteiger partial charge in [0.05, 0.1) is 29.5 Å². The fraction of sp³-hybridized carbons (Fsp3) is 0.316. The molecule has 1 aliphatic rings. The summed E-state index contributed by atoms with van der Waals surface area (Å²) in [5.41, 5.74) is 1.72. The first-order valence-corrected chi connectivity index (χ1v) is 9.40. The zero-order chi connectivity index (χ0) is 19.5. The molecule has 142 valence electrons. The SMILES string of the molecule is N#CCC(=O)N1CCCC(Nc2nc(-c3cnn4ccccc34)ncc2Cl)C1. The predicted octanol–water partition coefficient (Wildman–Crippen LogP) is 2.76. The number of nitrogens with one attached hydrogen (secondary N) is 1. The number of nitriles is 1. The molecule has 8 nitrogen and oxygen atoms in total. The van der Waals surface area contributed by atoms with Crippen LogP contribution < -0.4 is 5.32 Å². The van der Waals surface area contributed by atoms with Crippen molar-refractivity contribution in [3.63, 3.8) is 0 Å². The Balaban J connectivity index is 1.56. The van der Waals surface area contributed by atoms with Gasteiger partial charge in [0.15, 0.2) is 5.82 Å². The Hall–Kier alpha value is -3.18. The second-order valence-corrected chi connectivity index (χ2v) is 7.04. The van der Waals surface area contributed by atoms with Gasteiger partial charge < -0.3 is 10.2 Å². The summed E-state index contributed by atoms with van der Waals surface area (Å²) in [4.78, 5) is 22.7. The third kappa shape index (κ3) is 3.62. The lowest BCUT2D eigenvalue weighted by Crippen LogP contribution is -2.45. The summed E-state index contributed by atoms with van der Waals surface area (Å²) < 4.78 is 1.76. The monoisotopic (exact) mass is 395 g/mol. The van der Waals surface area contributed by atoms with Crippen LogP contribution in [0.4, 0.5) is 5.82 Å². The molecule has 1 fully saturated rings. The van der Waals surface area contributed by atoms with Crippen molar-refractivity contribution in [2.45, 2.75) is 25.3 Å². The number of halogens is 1. The molecule has 0 radical (unpaired) electrons. The molecule has 1 saturated heterocycles. The zero-order valence-electron chi connectivity index (χ0n) is 15.0. The van der Waals surface area contributed by atoms with Gasteiger partial charge in [-0.3, -0.25) is 4.79 Å². The van der Waals surface area contributed by atoms with Gasteiger partial charge in [0, 0.05) is 25.3 Å². The third-order valence-corrected chi connectivity index (χ3v) is 5.03. The van der Waals surface area contributed by atoms with Crippen LogP contribution in [0.5, 0.6) is 0 Å². The lowest BCUT2D eigenvalue weighted by atomic mass is 10.1. The van der Waals surface area contributed by atoms with E-state index in [0.29, 0.717) is 29.8 Å². The van der Waals surface area contributed by atoms with Crippen LogP contribution in [0.3, 0.4) is 0 Å². The van der Waals surface area contributed by atoms with Gasteiger partial charge in [0.25, 0.3) is 0 Å². The van der Waals surface area contributed by atoms with Gasteiger partial charge in [-0.1, -0.05) is 17.7 Å². The van der Waals surface area contributed by atoms with Crippen molar-refractivity contribution < 1.29 is 4.79 Å². The zero-order valence-corrected chi connectivity index (χ0v) is 15.8.